The van der Waals surface area contributed by atoms with Crippen LogP contribution in [-0.2, 0) is 21.4 Å². The molecule has 1 amide bonds. The van der Waals surface area contributed by atoms with Crippen LogP contribution >= 0.6 is 0 Å². The van der Waals surface area contributed by atoms with Crippen molar-refractivity contribution in [3.05, 3.63) is 43.0 Å². The van der Waals surface area contributed by atoms with Gasteiger partial charge in [0.05, 0.1) is 25.4 Å². The molecule has 9 heteroatoms. The highest BCUT2D eigenvalue weighted by atomic mass is 32.2. The molecule has 0 spiro atoms. The van der Waals surface area contributed by atoms with E-state index in [9.17, 15) is 13.2 Å². The number of hydrogen-bond donors (Lipinski definition) is 1. The van der Waals surface area contributed by atoms with Crippen molar-refractivity contribution >= 4 is 21.6 Å². The van der Waals surface area contributed by atoms with Gasteiger partial charge in [0.15, 0.2) is 0 Å². The molecule has 0 aliphatic rings. The second-order valence-electron chi connectivity index (χ2n) is 5.48. The number of aromatic nitrogens is 2. The summed E-state index contributed by atoms with van der Waals surface area (Å²) in [5.74, 6) is 0.158. The topological polar surface area (TPSA) is 93.5 Å². The van der Waals surface area contributed by atoms with Gasteiger partial charge < -0.3 is 14.6 Å². The lowest BCUT2D eigenvalue weighted by molar-refractivity contribution is -0.119. The highest BCUT2D eigenvalue weighted by Crippen LogP contribution is 2.22. The van der Waals surface area contributed by atoms with Crippen molar-refractivity contribution in [1.29, 1.82) is 0 Å². The Kier molecular flexibility index (Phi) is 6.40. The van der Waals surface area contributed by atoms with Gasteiger partial charge >= 0.3 is 0 Å². The quantitative estimate of drug-likeness (QED) is 0.665. The van der Waals surface area contributed by atoms with Gasteiger partial charge in [0.1, 0.15) is 12.3 Å². The first-order valence-electron chi connectivity index (χ1n) is 7.74. The normalized spacial score (nSPS) is 11.1. The number of hydrogen-bond acceptors (Lipinski definition) is 5. The first-order valence-corrected chi connectivity index (χ1v) is 9.59. The molecule has 1 aromatic heterocycles. The zero-order chi connectivity index (χ0) is 18.3. The van der Waals surface area contributed by atoms with Gasteiger partial charge in [-0.2, -0.15) is 0 Å². The second-order valence-corrected chi connectivity index (χ2v) is 7.38. The third-order valence-corrected chi connectivity index (χ3v) is 4.64. The van der Waals surface area contributed by atoms with Crippen LogP contribution in [0, 0.1) is 0 Å². The zero-order valence-corrected chi connectivity index (χ0v) is 15.1. The van der Waals surface area contributed by atoms with Gasteiger partial charge in [-0.15, -0.1) is 0 Å². The number of aryl methyl sites for hydroxylation is 1. The van der Waals surface area contributed by atoms with Crippen molar-refractivity contribution < 1.29 is 17.9 Å². The SMILES string of the molecule is COc1cccc(N(CC(=O)NCCCn2ccnc2)S(C)(=O)=O)c1. The average molecular weight is 366 g/mol. The van der Waals surface area contributed by atoms with E-state index >= 15 is 0 Å². The van der Waals surface area contributed by atoms with Crippen molar-refractivity contribution in [3.63, 3.8) is 0 Å². The average Bonchev–Trinajstić information content (AvgIpc) is 3.09. The van der Waals surface area contributed by atoms with Gasteiger partial charge in [-0.1, -0.05) is 6.07 Å². The highest BCUT2D eigenvalue weighted by Gasteiger charge is 2.21. The number of carbonyl (C=O) groups is 1. The fraction of sp³-hybridized carbons (Fsp3) is 0.375. The van der Waals surface area contributed by atoms with Crippen LogP contribution in [0.15, 0.2) is 43.0 Å². The molecule has 0 atom stereocenters. The molecule has 0 saturated heterocycles. The number of amides is 1. The maximum Gasteiger partial charge on any atom is 0.240 e. The molecule has 0 unspecified atom stereocenters. The van der Waals surface area contributed by atoms with Crippen LogP contribution in [0.4, 0.5) is 5.69 Å². The van der Waals surface area contributed by atoms with Crippen LogP contribution in [-0.4, -0.2) is 50.3 Å². The molecule has 1 N–H and O–H groups in total. The Morgan fingerprint density at radius 1 is 1.40 bits per heavy atom. The molecule has 2 rings (SSSR count). The van der Waals surface area contributed by atoms with Gasteiger partial charge in [0, 0.05) is 31.5 Å². The van der Waals surface area contributed by atoms with E-state index in [4.69, 9.17) is 4.74 Å². The van der Waals surface area contributed by atoms with Gasteiger partial charge in [0.2, 0.25) is 15.9 Å². The molecule has 0 aliphatic heterocycles. The standard InChI is InChI=1S/C16H22N4O4S/c1-24-15-6-3-5-14(11-15)20(25(2,22)23)12-16(21)18-7-4-9-19-10-8-17-13-19/h3,5-6,8,10-11,13H,4,7,9,12H2,1-2H3,(H,18,21). The van der Waals surface area contributed by atoms with Gasteiger partial charge in [0.25, 0.3) is 0 Å². The van der Waals surface area contributed by atoms with E-state index in [1.807, 2.05) is 10.8 Å². The van der Waals surface area contributed by atoms with Crippen molar-refractivity contribution in [2.24, 2.45) is 0 Å². The Bertz CT molecular complexity index is 790. The third-order valence-electron chi connectivity index (χ3n) is 3.50. The van der Waals surface area contributed by atoms with E-state index in [1.165, 1.54) is 7.11 Å². The lowest BCUT2D eigenvalue weighted by atomic mass is 10.3. The molecule has 0 aliphatic carbocycles. The number of nitrogens with one attached hydrogen (secondary N) is 1. The predicted molar refractivity (Wildman–Crippen MR) is 95.0 cm³/mol. The molecule has 0 fully saturated rings. The number of methoxy groups -OCH3 is 1. The first kappa shape index (κ1) is 18.8. The smallest absolute Gasteiger partial charge is 0.240 e. The minimum atomic E-state index is -3.60. The molecule has 0 saturated carbocycles. The monoisotopic (exact) mass is 366 g/mol. The molecular weight excluding hydrogens is 344 g/mol. The van der Waals surface area contributed by atoms with Crippen LogP contribution < -0.4 is 14.4 Å². The summed E-state index contributed by atoms with van der Waals surface area (Å²) in [5.41, 5.74) is 0.385. The summed E-state index contributed by atoms with van der Waals surface area (Å²) in [4.78, 5) is 16.1. The van der Waals surface area contributed by atoms with Crippen LogP contribution in [0.25, 0.3) is 0 Å². The number of carbonyl (C=O) groups excluding carboxylic acids is 1. The molecule has 1 aromatic carbocycles. The Morgan fingerprint density at radius 2 is 2.20 bits per heavy atom. The van der Waals surface area contributed by atoms with Crippen molar-refractivity contribution in [2.75, 3.05) is 30.8 Å². The van der Waals surface area contributed by atoms with Crippen molar-refractivity contribution in [3.8, 4) is 5.75 Å². The van der Waals surface area contributed by atoms with E-state index < -0.39 is 10.0 Å². The number of imidazole rings is 1. The van der Waals surface area contributed by atoms with E-state index in [-0.39, 0.29) is 12.5 Å². The van der Waals surface area contributed by atoms with Crippen molar-refractivity contribution in [2.45, 2.75) is 13.0 Å². The molecule has 8 nitrogen and oxygen atoms in total. The van der Waals surface area contributed by atoms with Crippen LogP contribution in [0.3, 0.4) is 0 Å². The Hall–Kier alpha value is -2.55. The minimum absolute atomic E-state index is 0.281. The summed E-state index contributed by atoms with van der Waals surface area (Å²) in [6, 6.07) is 6.58. The van der Waals surface area contributed by atoms with Crippen LogP contribution in [0.5, 0.6) is 5.75 Å². The molecular formula is C16H22N4O4S. The summed E-state index contributed by atoms with van der Waals surface area (Å²) in [7, 11) is -2.10. The second kappa shape index (κ2) is 8.52. The molecule has 0 radical (unpaired) electrons. The third kappa shape index (κ3) is 5.79. The first-order chi connectivity index (χ1) is 11.9. The van der Waals surface area contributed by atoms with E-state index in [1.54, 1.807) is 36.8 Å². The Labute approximate surface area is 147 Å². The predicted octanol–water partition coefficient (Wildman–Crippen LogP) is 0.864. The molecule has 1 heterocycles. The Balaban J connectivity index is 1.93. The van der Waals surface area contributed by atoms with E-state index in [0.717, 1.165) is 23.5 Å². The largest absolute Gasteiger partial charge is 0.497 e. The minimum Gasteiger partial charge on any atom is -0.497 e. The maximum absolute atomic E-state index is 12.1. The number of nitrogens with zero attached hydrogens (tertiary/aromatic N) is 3. The zero-order valence-electron chi connectivity index (χ0n) is 14.3. The van der Waals surface area contributed by atoms with E-state index in [0.29, 0.717) is 18.0 Å². The van der Waals surface area contributed by atoms with Gasteiger partial charge in [-0.3, -0.25) is 9.10 Å². The summed E-state index contributed by atoms with van der Waals surface area (Å²) in [6.07, 6.45) is 7.03. The van der Waals surface area contributed by atoms with E-state index in [2.05, 4.69) is 10.3 Å². The molecule has 136 valence electrons. The lowest BCUT2D eigenvalue weighted by Gasteiger charge is -2.22. The number of rotatable bonds is 9. The number of ether oxygens (including phenoxy) is 1. The summed E-state index contributed by atoms with van der Waals surface area (Å²) < 4.78 is 32.2. The number of benzene rings is 1. The lowest BCUT2D eigenvalue weighted by Crippen LogP contribution is -2.40. The fourth-order valence-electron chi connectivity index (χ4n) is 2.26. The fourth-order valence-corrected chi connectivity index (χ4v) is 3.11. The molecule has 2 aromatic rings. The maximum atomic E-state index is 12.1. The highest BCUT2D eigenvalue weighted by molar-refractivity contribution is 7.92. The van der Waals surface area contributed by atoms with Crippen molar-refractivity contribution in [1.82, 2.24) is 14.9 Å². The molecule has 0 bridgehead atoms. The van der Waals surface area contributed by atoms with Crippen LogP contribution in [0.2, 0.25) is 0 Å². The summed E-state index contributed by atoms with van der Waals surface area (Å²) in [6.45, 7) is 0.899. The Morgan fingerprint density at radius 3 is 2.84 bits per heavy atom. The number of sulfonamides is 1. The van der Waals surface area contributed by atoms with Crippen LogP contribution in [0.1, 0.15) is 6.42 Å². The summed E-state index contributed by atoms with van der Waals surface area (Å²) in [5, 5.41) is 2.74. The van der Waals surface area contributed by atoms with Gasteiger partial charge in [-0.05, 0) is 18.6 Å². The van der Waals surface area contributed by atoms with Gasteiger partial charge in [-0.25, -0.2) is 13.4 Å². The molecule has 25 heavy (non-hydrogen) atoms. The summed E-state index contributed by atoms with van der Waals surface area (Å²) >= 11 is 0. The number of anilines is 1.